The van der Waals surface area contributed by atoms with Gasteiger partial charge in [0, 0.05) is 65.5 Å². The number of fused-ring (bicyclic) bond motifs is 3. The van der Waals surface area contributed by atoms with Crippen LogP contribution in [0.3, 0.4) is 0 Å². The zero-order valence-electron chi connectivity index (χ0n) is 44.3. The van der Waals surface area contributed by atoms with Crippen LogP contribution in [0.25, 0.3) is 0 Å². The molecular weight excluding hydrogens is 917 g/mol. The minimum atomic E-state index is -2.45. The molecule has 17 heteroatoms. The summed E-state index contributed by atoms with van der Waals surface area (Å²) in [5.41, 5.74) is 1.16. The number of hydroxylamine groups is 2. The van der Waals surface area contributed by atoms with Crippen LogP contribution in [0.4, 0.5) is 4.79 Å². The molecule has 3 aliphatic heterocycles. The molecule has 0 aromatic heterocycles. The van der Waals surface area contributed by atoms with Gasteiger partial charge in [0.15, 0.2) is 11.6 Å². The Bertz CT molecular complexity index is 1950. The molecule has 0 aromatic rings. The molecule has 400 valence electrons. The minimum absolute atomic E-state index is 0.00661. The molecule has 0 aromatic carbocycles. The first-order valence-electron chi connectivity index (χ1n) is 25.6. The average molecular weight is 1000 g/mol. The Morgan fingerprint density at radius 1 is 0.887 bits per heavy atom. The number of rotatable bonds is 8. The van der Waals surface area contributed by atoms with Crippen LogP contribution in [0.5, 0.6) is 0 Å². The summed E-state index contributed by atoms with van der Waals surface area (Å²) in [6, 6.07) is -1.18. The molecule has 0 radical (unpaired) electrons. The van der Waals surface area contributed by atoms with Crippen molar-refractivity contribution in [2.75, 3.05) is 42.0 Å². The number of methoxy groups -OCH3 is 3. The summed E-state index contributed by atoms with van der Waals surface area (Å²) in [7, 11) is 7.30. The highest BCUT2D eigenvalue weighted by Crippen LogP contribution is 2.38. The zero-order chi connectivity index (χ0) is 52.7. The van der Waals surface area contributed by atoms with Gasteiger partial charge in [-0.25, -0.2) is 9.59 Å². The van der Waals surface area contributed by atoms with Crippen LogP contribution in [-0.4, -0.2) is 152 Å². The molecule has 1 aliphatic carbocycles. The van der Waals surface area contributed by atoms with Crippen molar-refractivity contribution in [3.8, 4) is 0 Å². The fourth-order valence-corrected chi connectivity index (χ4v) is 10.5. The number of esters is 1. The standard InChI is InChI=1S/C54H84N2O15/c1-32-18-14-13-15-19-33(2)44(65-9)30-40-23-21-38(7)54(64,71-40)50(60)51(61)56-25-17-16-20-41(56)52(62)69-45(31-42(57)34(3)27-37(6)48(59)49(67-11)47(58)36(5)26-32)35(4)28-39-22-24-43(46(29-39)66-10)70-53(63)55(8)68-12/h13-15,18-19,27,32,35-41,43-46,48-49,59,64H,16-17,20-26,28-31H2,1-12H3/t32-,35-,36?,37?,38-,39+,40?,41+,43-,44+,45+,46-,48-,49?,54-/m1/s1. The number of carbonyl (C=O) groups excluding carboxylic acids is 6. The lowest BCUT2D eigenvalue weighted by atomic mass is 9.78. The lowest BCUT2D eigenvalue weighted by Gasteiger charge is -2.42. The van der Waals surface area contributed by atoms with Gasteiger partial charge in [-0.3, -0.25) is 24.0 Å². The van der Waals surface area contributed by atoms with Gasteiger partial charge in [-0.05, 0) is 107 Å². The third-order valence-corrected chi connectivity index (χ3v) is 15.2. The average Bonchev–Trinajstić information content (AvgIpc) is 3.35. The minimum Gasteiger partial charge on any atom is -0.460 e. The fraction of sp³-hybridized carbons (Fsp3) is 0.741. The summed E-state index contributed by atoms with van der Waals surface area (Å²) in [6.45, 7) is 12.6. The van der Waals surface area contributed by atoms with Gasteiger partial charge in [-0.2, -0.15) is 5.06 Å². The highest BCUT2D eigenvalue weighted by molar-refractivity contribution is 6.39. The summed E-state index contributed by atoms with van der Waals surface area (Å²) >= 11 is 0. The van der Waals surface area contributed by atoms with Gasteiger partial charge in [0.2, 0.25) is 5.79 Å². The number of hydrogen-bond donors (Lipinski definition) is 2. The number of amides is 2. The van der Waals surface area contributed by atoms with Crippen molar-refractivity contribution in [1.29, 1.82) is 0 Å². The van der Waals surface area contributed by atoms with E-state index in [1.807, 2.05) is 58.1 Å². The second-order valence-corrected chi connectivity index (χ2v) is 20.6. The predicted octanol–water partition coefficient (Wildman–Crippen LogP) is 6.82. The van der Waals surface area contributed by atoms with E-state index in [0.717, 1.165) is 10.6 Å². The first kappa shape index (κ1) is 59.5. The van der Waals surface area contributed by atoms with Crippen LogP contribution in [0, 0.1) is 35.5 Å². The van der Waals surface area contributed by atoms with Crippen LogP contribution in [0.2, 0.25) is 0 Å². The number of hydrogen-bond acceptors (Lipinski definition) is 15. The molecule has 0 spiro atoms. The van der Waals surface area contributed by atoms with Crippen LogP contribution in [-0.2, 0) is 57.2 Å². The number of ether oxygens (including phenoxy) is 6. The molecule has 2 saturated heterocycles. The Labute approximate surface area is 421 Å². The topological polar surface area (TPSA) is 214 Å². The van der Waals surface area contributed by atoms with E-state index in [4.69, 9.17) is 33.3 Å². The molecule has 3 heterocycles. The van der Waals surface area contributed by atoms with Gasteiger partial charge in [-0.15, -0.1) is 0 Å². The molecule has 71 heavy (non-hydrogen) atoms. The van der Waals surface area contributed by atoms with Crippen LogP contribution < -0.4 is 0 Å². The maximum Gasteiger partial charge on any atom is 0.434 e. The van der Waals surface area contributed by atoms with Gasteiger partial charge in [0.05, 0.1) is 31.5 Å². The van der Waals surface area contributed by atoms with Crippen molar-refractivity contribution < 1.29 is 72.2 Å². The number of allylic oxidation sites excluding steroid dienone is 6. The number of ketones is 3. The van der Waals surface area contributed by atoms with E-state index >= 15 is 0 Å². The molecule has 4 aliphatic rings. The Balaban J connectivity index is 1.70. The highest BCUT2D eigenvalue weighted by Gasteiger charge is 2.53. The zero-order valence-corrected chi connectivity index (χ0v) is 44.3. The smallest absolute Gasteiger partial charge is 0.434 e. The largest absolute Gasteiger partial charge is 0.460 e. The first-order valence-corrected chi connectivity index (χ1v) is 25.6. The van der Waals surface area contributed by atoms with E-state index in [1.54, 1.807) is 41.1 Å². The third-order valence-electron chi connectivity index (χ3n) is 15.2. The van der Waals surface area contributed by atoms with Gasteiger partial charge in [0.25, 0.3) is 11.7 Å². The van der Waals surface area contributed by atoms with Crippen molar-refractivity contribution in [2.45, 2.75) is 180 Å². The van der Waals surface area contributed by atoms with E-state index in [9.17, 15) is 39.0 Å². The number of piperidine rings is 1. The number of cyclic esters (lactones) is 1. The van der Waals surface area contributed by atoms with E-state index < -0.39 is 102 Å². The van der Waals surface area contributed by atoms with Gasteiger partial charge in [-0.1, -0.05) is 71.1 Å². The quantitative estimate of drug-likeness (QED) is 0.145. The number of carbonyl (C=O) groups is 6. The molecule has 17 nitrogen and oxygen atoms in total. The summed E-state index contributed by atoms with van der Waals surface area (Å²) in [5, 5.41) is 24.5. The molecule has 2 N–H and O–H groups in total. The molecule has 3 fully saturated rings. The molecule has 1 saturated carbocycles. The van der Waals surface area contributed by atoms with E-state index in [0.29, 0.717) is 64.2 Å². The van der Waals surface area contributed by atoms with Crippen molar-refractivity contribution in [3.63, 3.8) is 0 Å². The Kier molecular flexibility index (Phi) is 23.3. The van der Waals surface area contributed by atoms with E-state index in [-0.39, 0.29) is 48.4 Å². The lowest BCUT2D eigenvalue weighted by Crippen LogP contribution is -2.61. The van der Waals surface area contributed by atoms with Crippen molar-refractivity contribution in [3.05, 3.63) is 47.6 Å². The molecule has 2 bridgehead atoms. The third kappa shape index (κ3) is 15.9. The Morgan fingerprint density at radius 3 is 2.27 bits per heavy atom. The number of nitrogens with zero attached hydrogens (tertiary/aromatic N) is 2. The maximum atomic E-state index is 14.5. The number of Topliss-reactive ketones (excluding diaryl/α,β-unsaturated/α-hetero) is 3. The lowest BCUT2D eigenvalue weighted by molar-refractivity contribution is -0.265. The molecule has 4 unspecified atom stereocenters. The van der Waals surface area contributed by atoms with Crippen molar-refractivity contribution in [2.24, 2.45) is 35.5 Å². The second kappa shape index (κ2) is 27.8. The van der Waals surface area contributed by atoms with E-state index in [1.165, 1.54) is 26.2 Å². The summed E-state index contributed by atoms with van der Waals surface area (Å²) in [4.78, 5) is 89.8. The number of aliphatic hydroxyl groups excluding tert-OH is 1. The monoisotopic (exact) mass is 1000 g/mol. The van der Waals surface area contributed by atoms with Gasteiger partial charge >= 0.3 is 12.1 Å². The maximum absolute atomic E-state index is 14.5. The SMILES string of the molecule is COC1C(=O)C(C)C[C@H](C)C=CC=CC=C(C)[C@@H](OC)CC2CC[C@@H](C)[C@@](O)(O2)C(=O)C(=O)N2CCCC[C@H]2C(=O)O[C@H]([C@H](C)C[C@@H]2CC[C@@H](OC(=O)N(C)OC)[C@H](OC)C2)CC(=O)C(C)=CC(C)[C@H]1O. The normalized spacial score (nSPS) is 35.5. The molecule has 2 amide bonds. The highest BCUT2D eigenvalue weighted by atomic mass is 16.7. The molecule has 4 rings (SSSR count). The van der Waals surface area contributed by atoms with Gasteiger partial charge in [0.1, 0.15) is 24.4 Å². The first-order chi connectivity index (χ1) is 33.6. The summed E-state index contributed by atoms with van der Waals surface area (Å²) < 4.78 is 35.4. The van der Waals surface area contributed by atoms with Crippen molar-refractivity contribution in [1.82, 2.24) is 9.96 Å². The Morgan fingerprint density at radius 2 is 1.61 bits per heavy atom. The van der Waals surface area contributed by atoms with Crippen LogP contribution >= 0.6 is 0 Å². The van der Waals surface area contributed by atoms with Crippen LogP contribution in [0.15, 0.2) is 47.6 Å². The fourth-order valence-electron chi connectivity index (χ4n) is 10.5. The summed E-state index contributed by atoms with van der Waals surface area (Å²) in [6.07, 6.45) is 9.93. The number of aliphatic hydroxyl groups is 2. The van der Waals surface area contributed by atoms with E-state index in [2.05, 4.69) is 0 Å². The summed E-state index contributed by atoms with van der Waals surface area (Å²) in [5.74, 6) is -8.31. The molecule has 15 atom stereocenters. The van der Waals surface area contributed by atoms with Gasteiger partial charge < -0.3 is 43.5 Å². The van der Waals surface area contributed by atoms with Crippen LogP contribution in [0.1, 0.15) is 126 Å². The Hall–Kier alpha value is -4.10. The second-order valence-electron chi connectivity index (χ2n) is 20.6. The predicted molar refractivity (Wildman–Crippen MR) is 264 cm³/mol. The molecular formula is C54H84N2O15. The van der Waals surface area contributed by atoms with Crippen molar-refractivity contribution >= 4 is 35.3 Å².